The first-order chi connectivity index (χ1) is 12.2. The summed E-state index contributed by atoms with van der Waals surface area (Å²) in [6, 6.07) is 11.1. The maximum atomic E-state index is 12.3. The minimum Gasteiger partial charge on any atom is -0.497 e. The SMILES string of the molecule is COc1ccc(Br)c(C(=O)NCCn2ccc(-c3ccncc3)n2)c1. The molecule has 2 heterocycles. The first kappa shape index (κ1) is 17.2. The number of nitrogens with one attached hydrogen (secondary N) is 1. The number of carbonyl (C=O) groups is 1. The number of hydrogen-bond donors (Lipinski definition) is 1. The van der Waals surface area contributed by atoms with Crippen molar-refractivity contribution < 1.29 is 9.53 Å². The van der Waals surface area contributed by atoms with E-state index in [2.05, 4.69) is 31.3 Å². The number of ether oxygens (including phenoxy) is 1. The molecule has 3 rings (SSSR count). The average Bonchev–Trinajstić information content (AvgIpc) is 3.11. The summed E-state index contributed by atoms with van der Waals surface area (Å²) in [6.45, 7) is 1.05. The van der Waals surface area contributed by atoms with Gasteiger partial charge in [-0.3, -0.25) is 14.5 Å². The van der Waals surface area contributed by atoms with Crippen molar-refractivity contribution in [3.8, 4) is 17.0 Å². The molecule has 0 bridgehead atoms. The van der Waals surface area contributed by atoms with E-state index in [-0.39, 0.29) is 5.91 Å². The van der Waals surface area contributed by atoms with E-state index in [9.17, 15) is 4.79 Å². The Morgan fingerprint density at radius 1 is 1.24 bits per heavy atom. The molecule has 0 fully saturated rings. The second kappa shape index (κ2) is 7.94. The van der Waals surface area contributed by atoms with Crippen molar-refractivity contribution in [2.75, 3.05) is 13.7 Å². The van der Waals surface area contributed by atoms with E-state index < -0.39 is 0 Å². The Morgan fingerprint density at radius 3 is 2.80 bits per heavy atom. The molecule has 0 saturated heterocycles. The van der Waals surface area contributed by atoms with Crippen LogP contribution in [0.15, 0.2) is 59.5 Å². The molecule has 6 nitrogen and oxygen atoms in total. The molecule has 1 N–H and O–H groups in total. The van der Waals surface area contributed by atoms with E-state index in [4.69, 9.17) is 4.74 Å². The largest absolute Gasteiger partial charge is 0.497 e. The summed E-state index contributed by atoms with van der Waals surface area (Å²) in [4.78, 5) is 16.3. The number of methoxy groups -OCH3 is 1. The lowest BCUT2D eigenvalue weighted by Crippen LogP contribution is -2.27. The number of benzene rings is 1. The predicted octanol–water partition coefficient (Wildman–Crippen LogP) is 3.15. The topological polar surface area (TPSA) is 69.0 Å². The zero-order valence-electron chi connectivity index (χ0n) is 13.6. The van der Waals surface area contributed by atoms with Gasteiger partial charge in [0.1, 0.15) is 5.75 Å². The second-order valence-electron chi connectivity index (χ2n) is 5.30. The normalized spacial score (nSPS) is 10.5. The first-order valence-corrected chi connectivity index (χ1v) is 8.52. The summed E-state index contributed by atoms with van der Waals surface area (Å²) in [7, 11) is 1.57. The Balaban J connectivity index is 1.58. The van der Waals surface area contributed by atoms with E-state index >= 15 is 0 Å². The Bertz CT molecular complexity index is 865. The van der Waals surface area contributed by atoms with Crippen LogP contribution in [0, 0.1) is 0 Å². The number of amides is 1. The zero-order chi connectivity index (χ0) is 17.6. The van der Waals surface area contributed by atoms with Gasteiger partial charge in [0.05, 0.1) is 24.9 Å². The van der Waals surface area contributed by atoms with Crippen molar-refractivity contribution in [2.24, 2.45) is 0 Å². The molecule has 1 amide bonds. The van der Waals surface area contributed by atoms with Crippen LogP contribution in [-0.4, -0.2) is 34.3 Å². The van der Waals surface area contributed by atoms with Crippen molar-refractivity contribution in [1.29, 1.82) is 0 Å². The Hall–Kier alpha value is -2.67. The molecule has 0 radical (unpaired) electrons. The number of carbonyl (C=O) groups excluding carboxylic acids is 1. The molecule has 0 aliphatic rings. The van der Waals surface area contributed by atoms with Gasteiger partial charge in [-0.05, 0) is 52.3 Å². The highest BCUT2D eigenvalue weighted by atomic mass is 79.9. The van der Waals surface area contributed by atoms with Crippen LogP contribution >= 0.6 is 15.9 Å². The Labute approximate surface area is 154 Å². The summed E-state index contributed by atoms with van der Waals surface area (Å²) < 4.78 is 7.69. The minimum atomic E-state index is -0.160. The third-order valence-electron chi connectivity index (χ3n) is 3.66. The Morgan fingerprint density at radius 2 is 2.04 bits per heavy atom. The molecule has 1 aromatic carbocycles. The van der Waals surface area contributed by atoms with Crippen LogP contribution in [0.2, 0.25) is 0 Å². The van der Waals surface area contributed by atoms with E-state index in [0.717, 1.165) is 15.7 Å². The summed E-state index contributed by atoms with van der Waals surface area (Å²) >= 11 is 3.39. The second-order valence-corrected chi connectivity index (χ2v) is 6.16. The lowest BCUT2D eigenvalue weighted by atomic mass is 10.2. The lowest BCUT2D eigenvalue weighted by Gasteiger charge is -2.09. The van der Waals surface area contributed by atoms with Crippen molar-refractivity contribution in [2.45, 2.75) is 6.54 Å². The maximum absolute atomic E-state index is 12.3. The lowest BCUT2D eigenvalue weighted by molar-refractivity contribution is 0.0951. The molecule has 0 spiro atoms. The number of rotatable bonds is 6. The number of nitrogens with zero attached hydrogens (tertiary/aromatic N) is 3. The van der Waals surface area contributed by atoms with E-state index in [0.29, 0.717) is 24.4 Å². The van der Waals surface area contributed by atoms with Gasteiger partial charge < -0.3 is 10.1 Å². The number of aromatic nitrogens is 3. The number of halogens is 1. The number of hydrogen-bond acceptors (Lipinski definition) is 4. The molecule has 0 saturated carbocycles. The van der Waals surface area contributed by atoms with E-state index in [1.165, 1.54) is 0 Å². The molecule has 128 valence electrons. The summed E-state index contributed by atoms with van der Waals surface area (Å²) in [5.74, 6) is 0.481. The van der Waals surface area contributed by atoms with Crippen LogP contribution < -0.4 is 10.1 Å². The molecular formula is C18H17BrN4O2. The van der Waals surface area contributed by atoms with Gasteiger partial charge in [0.2, 0.25) is 0 Å². The van der Waals surface area contributed by atoms with Gasteiger partial charge in [-0.15, -0.1) is 0 Å². The fraction of sp³-hybridized carbons (Fsp3) is 0.167. The van der Waals surface area contributed by atoms with Crippen molar-refractivity contribution in [3.05, 3.63) is 65.0 Å². The molecule has 3 aromatic rings. The molecule has 25 heavy (non-hydrogen) atoms. The minimum absolute atomic E-state index is 0.160. The van der Waals surface area contributed by atoms with Gasteiger partial charge in [0.15, 0.2) is 0 Å². The third-order valence-corrected chi connectivity index (χ3v) is 4.35. The van der Waals surface area contributed by atoms with Crippen molar-refractivity contribution in [1.82, 2.24) is 20.1 Å². The predicted molar refractivity (Wildman–Crippen MR) is 98.5 cm³/mol. The molecule has 0 unspecified atom stereocenters. The third kappa shape index (κ3) is 4.24. The van der Waals surface area contributed by atoms with Crippen molar-refractivity contribution >= 4 is 21.8 Å². The fourth-order valence-corrected chi connectivity index (χ4v) is 2.77. The highest BCUT2D eigenvalue weighted by Crippen LogP contribution is 2.22. The summed E-state index contributed by atoms with van der Waals surface area (Å²) in [6.07, 6.45) is 5.37. The number of pyridine rings is 1. The van der Waals surface area contributed by atoms with Gasteiger partial charge >= 0.3 is 0 Å². The quantitative estimate of drug-likeness (QED) is 0.689. The average molecular weight is 401 g/mol. The first-order valence-electron chi connectivity index (χ1n) is 7.73. The van der Waals surface area contributed by atoms with Crippen LogP contribution in [0.3, 0.4) is 0 Å². The van der Waals surface area contributed by atoms with Crippen LogP contribution in [-0.2, 0) is 6.54 Å². The molecule has 0 aliphatic carbocycles. The molecule has 0 aliphatic heterocycles. The molecular weight excluding hydrogens is 384 g/mol. The van der Waals surface area contributed by atoms with Gasteiger partial charge in [-0.25, -0.2) is 0 Å². The van der Waals surface area contributed by atoms with Gasteiger partial charge in [0, 0.05) is 35.2 Å². The van der Waals surface area contributed by atoms with Gasteiger partial charge in [-0.1, -0.05) is 0 Å². The zero-order valence-corrected chi connectivity index (χ0v) is 15.2. The van der Waals surface area contributed by atoms with Crippen LogP contribution in [0.1, 0.15) is 10.4 Å². The summed E-state index contributed by atoms with van der Waals surface area (Å²) in [5.41, 5.74) is 2.43. The van der Waals surface area contributed by atoms with Crippen LogP contribution in [0.4, 0.5) is 0 Å². The summed E-state index contributed by atoms with van der Waals surface area (Å²) in [5, 5.41) is 7.40. The smallest absolute Gasteiger partial charge is 0.252 e. The van der Waals surface area contributed by atoms with E-state index in [1.807, 2.05) is 24.4 Å². The fourth-order valence-electron chi connectivity index (χ4n) is 2.35. The van der Waals surface area contributed by atoms with Crippen LogP contribution in [0.25, 0.3) is 11.3 Å². The monoisotopic (exact) mass is 400 g/mol. The molecule has 0 atom stereocenters. The highest BCUT2D eigenvalue weighted by molar-refractivity contribution is 9.10. The Kier molecular flexibility index (Phi) is 5.45. The van der Waals surface area contributed by atoms with Gasteiger partial charge in [0.25, 0.3) is 5.91 Å². The van der Waals surface area contributed by atoms with Crippen molar-refractivity contribution in [3.63, 3.8) is 0 Å². The molecule has 2 aromatic heterocycles. The van der Waals surface area contributed by atoms with Gasteiger partial charge in [-0.2, -0.15) is 5.10 Å². The van der Waals surface area contributed by atoms with E-state index in [1.54, 1.807) is 42.4 Å². The van der Waals surface area contributed by atoms with Crippen LogP contribution in [0.5, 0.6) is 5.75 Å². The molecule has 7 heteroatoms. The standard InChI is InChI=1S/C18H17BrN4O2/c1-25-14-2-3-16(19)15(12-14)18(24)21-9-11-23-10-6-17(22-23)13-4-7-20-8-5-13/h2-8,10,12H,9,11H2,1H3,(H,21,24). The maximum Gasteiger partial charge on any atom is 0.252 e. The highest BCUT2D eigenvalue weighted by Gasteiger charge is 2.11.